The number of benzene rings is 2. The number of ether oxygens (including phenoxy) is 3. The molecule has 0 spiro atoms. The van der Waals surface area contributed by atoms with Crippen molar-refractivity contribution in [2.75, 3.05) is 13.2 Å². The Balaban J connectivity index is 1.66. The Bertz CT molecular complexity index is 818. The number of hydrogen-bond acceptors (Lipinski definition) is 4. The number of rotatable bonds is 6. The van der Waals surface area contributed by atoms with E-state index in [0.29, 0.717) is 25.4 Å². The van der Waals surface area contributed by atoms with Gasteiger partial charge in [-0.3, -0.25) is 4.79 Å². The first-order valence-corrected chi connectivity index (χ1v) is 9.41. The van der Waals surface area contributed by atoms with Crippen LogP contribution in [0.15, 0.2) is 36.4 Å². The maximum absolute atomic E-state index is 12.7. The van der Waals surface area contributed by atoms with Gasteiger partial charge in [-0.25, -0.2) is 0 Å². The van der Waals surface area contributed by atoms with Crippen LogP contribution in [-0.2, 0) is 4.79 Å². The third kappa shape index (κ3) is 4.54. The van der Waals surface area contributed by atoms with E-state index >= 15 is 0 Å². The Morgan fingerprint density at radius 3 is 2.52 bits per heavy atom. The van der Waals surface area contributed by atoms with Crippen LogP contribution < -0.4 is 19.5 Å². The minimum atomic E-state index is -0.535. The van der Waals surface area contributed by atoms with E-state index in [4.69, 9.17) is 14.2 Å². The van der Waals surface area contributed by atoms with Crippen molar-refractivity contribution >= 4 is 5.91 Å². The van der Waals surface area contributed by atoms with Crippen LogP contribution in [0.3, 0.4) is 0 Å². The molecule has 0 aromatic heterocycles. The van der Waals surface area contributed by atoms with Gasteiger partial charge in [-0.1, -0.05) is 19.1 Å². The van der Waals surface area contributed by atoms with Crippen LogP contribution in [0.1, 0.15) is 43.0 Å². The van der Waals surface area contributed by atoms with E-state index in [1.807, 2.05) is 57.2 Å². The second kappa shape index (κ2) is 8.33. The number of amides is 1. The summed E-state index contributed by atoms with van der Waals surface area (Å²) in [6.45, 7) is 9.09. The first-order valence-electron chi connectivity index (χ1n) is 9.41. The highest BCUT2D eigenvalue weighted by Crippen LogP contribution is 2.32. The Morgan fingerprint density at radius 1 is 1.07 bits per heavy atom. The molecule has 0 fully saturated rings. The van der Waals surface area contributed by atoms with E-state index in [1.54, 1.807) is 0 Å². The Kier molecular flexibility index (Phi) is 5.89. The van der Waals surface area contributed by atoms with Gasteiger partial charge in [0.15, 0.2) is 17.6 Å². The van der Waals surface area contributed by atoms with Crippen molar-refractivity contribution < 1.29 is 19.0 Å². The lowest BCUT2D eigenvalue weighted by Gasteiger charge is -2.23. The van der Waals surface area contributed by atoms with Gasteiger partial charge in [0.25, 0.3) is 5.91 Å². The molecule has 27 heavy (non-hydrogen) atoms. The zero-order valence-electron chi connectivity index (χ0n) is 16.4. The van der Waals surface area contributed by atoms with Crippen LogP contribution in [0.2, 0.25) is 0 Å². The predicted molar refractivity (Wildman–Crippen MR) is 105 cm³/mol. The van der Waals surface area contributed by atoms with Gasteiger partial charge in [-0.15, -0.1) is 0 Å². The average Bonchev–Trinajstić information content (AvgIpc) is 2.68. The molecule has 0 bridgehead atoms. The van der Waals surface area contributed by atoms with E-state index in [0.717, 1.165) is 22.6 Å². The van der Waals surface area contributed by atoms with Crippen molar-refractivity contribution in [2.45, 2.75) is 46.3 Å². The third-order valence-corrected chi connectivity index (χ3v) is 4.84. The number of aryl methyl sites for hydroxylation is 2. The van der Waals surface area contributed by atoms with Crippen LogP contribution in [0, 0.1) is 13.8 Å². The second-order valence-corrected chi connectivity index (χ2v) is 6.89. The number of carbonyl (C=O) groups is 1. The molecule has 3 rings (SSSR count). The van der Waals surface area contributed by atoms with Crippen molar-refractivity contribution in [1.82, 2.24) is 5.32 Å². The molecule has 0 radical (unpaired) electrons. The molecule has 1 amide bonds. The topological polar surface area (TPSA) is 56.8 Å². The molecule has 0 aliphatic carbocycles. The fraction of sp³-hybridized carbons (Fsp3) is 0.409. The summed E-state index contributed by atoms with van der Waals surface area (Å²) in [4.78, 5) is 12.7. The Hall–Kier alpha value is -2.69. The van der Waals surface area contributed by atoms with Crippen molar-refractivity contribution in [1.29, 1.82) is 0 Å². The van der Waals surface area contributed by atoms with Crippen LogP contribution in [0.25, 0.3) is 0 Å². The smallest absolute Gasteiger partial charge is 0.261 e. The maximum atomic E-state index is 12.7. The van der Waals surface area contributed by atoms with E-state index < -0.39 is 6.10 Å². The number of carbonyl (C=O) groups excluding carboxylic acids is 1. The molecule has 144 valence electrons. The molecule has 5 nitrogen and oxygen atoms in total. The lowest BCUT2D eigenvalue weighted by atomic mass is 10.1. The fourth-order valence-corrected chi connectivity index (χ4v) is 2.99. The van der Waals surface area contributed by atoms with Crippen LogP contribution in [0.5, 0.6) is 17.2 Å². The van der Waals surface area contributed by atoms with Crippen LogP contribution in [-0.4, -0.2) is 25.2 Å². The molecule has 1 aliphatic rings. The van der Waals surface area contributed by atoms with E-state index in [9.17, 15) is 4.79 Å². The van der Waals surface area contributed by atoms with Gasteiger partial charge in [-0.2, -0.15) is 0 Å². The number of hydrogen-bond donors (Lipinski definition) is 1. The minimum Gasteiger partial charge on any atom is -0.486 e. The summed E-state index contributed by atoms with van der Waals surface area (Å²) in [6.07, 6.45) is 0.0545. The highest BCUT2D eigenvalue weighted by molar-refractivity contribution is 5.81. The monoisotopic (exact) mass is 369 g/mol. The second-order valence-electron chi connectivity index (χ2n) is 6.89. The molecule has 2 atom stereocenters. The third-order valence-electron chi connectivity index (χ3n) is 4.84. The molecule has 5 heteroatoms. The highest BCUT2D eigenvalue weighted by atomic mass is 16.6. The van der Waals surface area contributed by atoms with Gasteiger partial charge in [-0.05, 0) is 68.1 Å². The van der Waals surface area contributed by atoms with E-state index in [-0.39, 0.29) is 11.9 Å². The van der Waals surface area contributed by atoms with Gasteiger partial charge in [0, 0.05) is 0 Å². The Morgan fingerprint density at radius 2 is 1.81 bits per heavy atom. The minimum absolute atomic E-state index is 0.127. The van der Waals surface area contributed by atoms with Gasteiger partial charge in [0.05, 0.1) is 6.04 Å². The van der Waals surface area contributed by atoms with Gasteiger partial charge in [0.1, 0.15) is 19.0 Å². The average molecular weight is 369 g/mol. The van der Waals surface area contributed by atoms with Gasteiger partial charge >= 0.3 is 0 Å². The summed E-state index contributed by atoms with van der Waals surface area (Å²) in [5, 5.41) is 3.04. The lowest BCUT2D eigenvalue weighted by Crippen LogP contribution is -2.39. The predicted octanol–water partition coefficient (Wildman–Crippen LogP) is 4.11. The number of fused-ring (bicyclic) bond motifs is 1. The first-order chi connectivity index (χ1) is 13.0. The molecule has 2 aromatic rings. The zero-order valence-corrected chi connectivity index (χ0v) is 16.4. The van der Waals surface area contributed by atoms with Crippen molar-refractivity contribution in [3.05, 3.63) is 53.1 Å². The molecule has 0 saturated carbocycles. The summed E-state index contributed by atoms with van der Waals surface area (Å²) in [5.41, 5.74) is 3.31. The lowest BCUT2D eigenvalue weighted by molar-refractivity contribution is -0.128. The summed E-state index contributed by atoms with van der Waals surface area (Å²) in [6, 6.07) is 11.5. The molecule has 2 aromatic carbocycles. The SMILES string of the molecule is CC[C@H](Oc1ccc(C)c(C)c1)C(=O)N[C@H](C)c1ccc2c(c1)OCCO2. The molecule has 1 heterocycles. The highest BCUT2D eigenvalue weighted by Gasteiger charge is 2.22. The Labute approximate surface area is 160 Å². The van der Waals surface area contributed by atoms with Crippen LogP contribution in [0.4, 0.5) is 0 Å². The maximum Gasteiger partial charge on any atom is 0.261 e. The first kappa shape index (κ1) is 19.1. The molecular weight excluding hydrogens is 342 g/mol. The number of nitrogens with one attached hydrogen (secondary N) is 1. The normalized spacial score (nSPS) is 15.0. The van der Waals surface area contributed by atoms with Crippen molar-refractivity contribution in [2.24, 2.45) is 0 Å². The molecule has 1 aliphatic heterocycles. The van der Waals surface area contributed by atoms with Crippen LogP contribution >= 0.6 is 0 Å². The van der Waals surface area contributed by atoms with E-state index in [2.05, 4.69) is 12.2 Å². The molecule has 1 N–H and O–H groups in total. The quantitative estimate of drug-likeness (QED) is 0.833. The fourth-order valence-electron chi connectivity index (χ4n) is 2.99. The summed E-state index contributed by atoms with van der Waals surface area (Å²) in [7, 11) is 0. The van der Waals surface area contributed by atoms with Crippen molar-refractivity contribution in [3.63, 3.8) is 0 Å². The molecule has 0 unspecified atom stereocenters. The summed E-state index contributed by atoms with van der Waals surface area (Å²) in [5.74, 6) is 2.05. The van der Waals surface area contributed by atoms with E-state index in [1.165, 1.54) is 5.56 Å². The largest absolute Gasteiger partial charge is 0.486 e. The van der Waals surface area contributed by atoms with Gasteiger partial charge < -0.3 is 19.5 Å². The van der Waals surface area contributed by atoms with Crippen molar-refractivity contribution in [3.8, 4) is 17.2 Å². The zero-order chi connectivity index (χ0) is 19.4. The van der Waals surface area contributed by atoms with Gasteiger partial charge in [0.2, 0.25) is 0 Å². The summed E-state index contributed by atoms with van der Waals surface area (Å²) < 4.78 is 17.1. The summed E-state index contributed by atoms with van der Waals surface area (Å²) >= 11 is 0. The molecule has 0 saturated heterocycles. The standard InChI is InChI=1S/C22H27NO4/c1-5-19(27-18-8-6-14(2)15(3)12-18)22(24)23-16(4)17-7-9-20-21(13-17)26-11-10-25-20/h6-9,12-13,16,19H,5,10-11H2,1-4H3,(H,23,24)/t16-,19+/m1/s1. The molecular formula is C22H27NO4.